The molecule has 300 valence electrons. The number of thiazole rings is 1. The molecule has 55 heavy (non-hydrogen) atoms. The highest BCUT2D eigenvalue weighted by Gasteiger charge is 2.41. The number of nitrogens with zero attached hydrogens (tertiary/aromatic N) is 5. The van der Waals surface area contributed by atoms with Crippen LogP contribution in [0.4, 0.5) is 4.79 Å². The SMILES string of the molecule is CC[C@@H](C)[C@H](C(=O)N[C@@H](Cc1ccccc1)[C@@H](O)CN(CC1CCCC1)S(=O)(=O)c1ccc(C=NO)cc1)N1CCN(Cc2csc(CNC(C)C)n2)C1=O. The molecule has 0 radical (unpaired) electrons. The third kappa shape index (κ3) is 11.3. The molecule has 4 atom stereocenters. The molecule has 0 unspecified atom stereocenters. The number of hydrogen-bond donors (Lipinski definition) is 4. The van der Waals surface area contributed by atoms with Gasteiger partial charge in [-0.15, -0.1) is 11.3 Å². The molecule has 3 amide bonds. The zero-order valence-electron chi connectivity index (χ0n) is 32.4. The van der Waals surface area contributed by atoms with E-state index >= 15 is 0 Å². The maximum Gasteiger partial charge on any atom is 0.321 e. The maximum absolute atomic E-state index is 14.4. The molecular formula is C40H57N7O6S2. The van der Waals surface area contributed by atoms with Crippen LogP contribution in [0.15, 0.2) is 70.0 Å². The van der Waals surface area contributed by atoms with Crippen molar-refractivity contribution in [2.75, 3.05) is 26.2 Å². The second kappa shape index (κ2) is 19.8. The predicted octanol–water partition coefficient (Wildman–Crippen LogP) is 5.07. The van der Waals surface area contributed by atoms with Crippen molar-refractivity contribution in [1.29, 1.82) is 0 Å². The zero-order valence-corrected chi connectivity index (χ0v) is 34.0. The van der Waals surface area contributed by atoms with Crippen molar-refractivity contribution in [1.82, 2.24) is 29.7 Å². The number of aliphatic hydroxyl groups is 1. The number of nitrogens with one attached hydrogen (secondary N) is 2. The first-order valence-corrected chi connectivity index (χ1v) is 21.7. The van der Waals surface area contributed by atoms with Gasteiger partial charge < -0.3 is 30.7 Å². The Labute approximate surface area is 329 Å². The third-order valence-electron chi connectivity index (χ3n) is 10.7. The number of aliphatic hydroxyl groups excluding tert-OH is 1. The lowest BCUT2D eigenvalue weighted by Crippen LogP contribution is -2.57. The fourth-order valence-corrected chi connectivity index (χ4v) is 9.64. The average molecular weight is 796 g/mol. The van der Waals surface area contributed by atoms with Crippen molar-refractivity contribution >= 4 is 39.5 Å². The van der Waals surface area contributed by atoms with E-state index < -0.39 is 28.2 Å². The topological polar surface area (TPSA) is 168 Å². The minimum absolute atomic E-state index is 0.0615. The average Bonchev–Trinajstić information content (AvgIpc) is 3.94. The van der Waals surface area contributed by atoms with Gasteiger partial charge in [-0.2, -0.15) is 4.31 Å². The van der Waals surface area contributed by atoms with Crippen molar-refractivity contribution in [2.45, 2.75) is 108 Å². The summed E-state index contributed by atoms with van der Waals surface area (Å²) in [4.78, 5) is 36.5. The minimum Gasteiger partial charge on any atom is -0.411 e. The molecule has 2 fully saturated rings. The van der Waals surface area contributed by atoms with Crippen LogP contribution in [0.1, 0.15) is 81.6 Å². The first kappa shape index (κ1) is 42.3. The molecule has 1 saturated heterocycles. The second-order valence-corrected chi connectivity index (χ2v) is 18.0. The largest absolute Gasteiger partial charge is 0.411 e. The number of carbonyl (C=O) groups excluding carboxylic acids is 2. The van der Waals surface area contributed by atoms with Crippen molar-refractivity contribution in [3.05, 3.63) is 81.8 Å². The van der Waals surface area contributed by atoms with Gasteiger partial charge in [0.2, 0.25) is 15.9 Å². The van der Waals surface area contributed by atoms with Gasteiger partial charge >= 0.3 is 6.03 Å². The lowest BCUT2D eigenvalue weighted by Gasteiger charge is -2.35. The Morgan fingerprint density at radius 2 is 1.80 bits per heavy atom. The number of carbonyl (C=O) groups is 2. The summed E-state index contributed by atoms with van der Waals surface area (Å²) in [5, 5.41) is 33.3. The number of aromatic nitrogens is 1. The quantitative estimate of drug-likeness (QED) is 0.0699. The molecule has 1 aliphatic carbocycles. The van der Waals surface area contributed by atoms with Crippen molar-refractivity contribution in [3.8, 4) is 0 Å². The monoisotopic (exact) mass is 795 g/mol. The van der Waals surface area contributed by atoms with Crippen molar-refractivity contribution in [2.24, 2.45) is 17.0 Å². The molecular weight excluding hydrogens is 739 g/mol. The van der Waals surface area contributed by atoms with Crippen LogP contribution in [-0.4, -0.2) is 106 Å². The van der Waals surface area contributed by atoms with E-state index in [-0.39, 0.29) is 48.2 Å². The Kier molecular flexibility index (Phi) is 15.2. The Bertz CT molecular complexity index is 1820. The zero-order chi connectivity index (χ0) is 39.5. The molecule has 1 aliphatic heterocycles. The van der Waals surface area contributed by atoms with Gasteiger partial charge in [0.15, 0.2) is 0 Å². The standard InChI is InChI=1S/C40H57N7O6S2/c1-5-29(4)38(47-20-19-45(40(47)50)25-33-27-54-37(43-33)23-41-28(2)3)39(49)44-35(21-30-11-7-6-8-12-30)36(48)26-46(24-32-13-9-10-14-32)55(52,53)34-17-15-31(16-18-34)22-42-51/h6-8,11-12,15-18,22,27-29,32,35-36,38,41,48,51H,5,9-10,13-14,19-21,23-26H2,1-4H3,(H,44,49)/t29-,35+,36+,38-/m1/s1. The third-order valence-corrected chi connectivity index (χ3v) is 13.4. The fourth-order valence-electron chi connectivity index (χ4n) is 7.37. The van der Waals surface area contributed by atoms with Gasteiger partial charge in [-0.3, -0.25) is 4.79 Å². The first-order valence-electron chi connectivity index (χ1n) is 19.4. The van der Waals surface area contributed by atoms with E-state index in [9.17, 15) is 23.1 Å². The van der Waals surface area contributed by atoms with E-state index in [1.165, 1.54) is 22.7 Å². The highest BCUT2D eigenvalue weighted by atomic mass is 32.2. The summed E-state index contributed by atoms with van der Waals surface area (Å²) in [5.74, 6) is -0.424. The Balaban J connectivity index is 1.36. The number of sulfonamides is 1. The van der Waals surface area contributed by atoms with Gasteiger partial charge in [-0.1, -0.05) is 94.6 Å². The lowest BCUT2D eigenvalue weighted by atomic mass is 9.95. The Morgan fingerprint density at radius 1 is 1.09 bits per heavy atom. The van der Waals surface area contributed by atoms with Crippen LogP contribution < -0.4 is 10.6 Å². The number of amides is 3. The van der Waals surface area contributed by atoms with Gasteiger partial charge in [0, 0.05) is 44.1 Å². The van der Waals surface area contributed by atoms with Gasteiger partial charge in [-0.05, 0) is 54.4 Å². The Hall–Kier alpha value is -3.89. The van der Waals surface area contributed by atoms with Crippen LogP contribution in [0.3, 0.4) is 0 Å². The fraction of sp³-hybridized carbons (Fsp3) is 0.550. The molecule has 4 N–H and O–H groups in total. The number of hydrogen-bond acceptors (Lipinski definition) is 10. The van der Waals surface area contributed by atoms with Crippen LogP contribution in [0.25, 0.3) is 0 Å². The molecule has 2 aliphatic rings. The van der Waals surface area contributed by atoms with Crippen LogP contribution >= 0.6 is 11.3 Å². The Morgan fingerprint density at radius 3 is 2.45 bits per heavy atom. The summed E-state index contributed by atoms with van der Waals surface area (Å²) in [5.41, 5.74) is 2.22. The molecule has 3 aromatic rings. The van der Waals surface area contributed by atoms with Crippen LogP contribution in [-0.2, 0) is 34.3 Å². The summed E-state index contributed by atoms with van der Waals surface area (Å²) in [6.07, 6.45) is 4.68. The van der Waals surface area contributed by atoms with E-state index in [1.807, 2.05) is 49.6 Å². The predicted molar refractivity (Wildman–Crippen MR) is 214 cm³/mol. The molecule has 2 aromatic carbocycles. The normalized spacial score (nSPS) is 17.8. The van der Waals surface area contributed by atoms with E-state index in [1.54, 1.807) is 33.3 Å². The highest BCUT2D eigenvalue weighted by molar-refractivity contribution is 7.89. The molecule has 15 heteroatoms. The van der Waals surface area contributed by atoms with Gasteiger partial charge in [-0.25, -0.2) is 18.2 Å². The van der Waals surface area contributed by atoms with E-state index in [0.717, 1.165) is 41.9 Å². The first-order chi connectivity index (χ1) is 26.4. The summed E-state index contributed by atoms with van der Waals surface area (Å²) in [7, 11) is -4.05. The maximum atomic E-state index is 14.4. The number of urea groups is 1. The molecule has 0 bridgehead atoms. The van der Waals surface area contributed by atoms with Crippen LogP contribution in [0.5, 0.6) is 0 Å². The molecule has 2 heterocycles. The van der Waals surface area contributed by atoms with Gasteiger partial charge in [0.25, 0.3) is 0 Å². The van der Waals surface area contributed by atoms with Crippen LogP contribution in [0, 0.1) is 11.8 Å². The van der Waals surface area contributed by atoms with Crippen molar-refractivity contribution in [3.63, 3.8) is 0 Å². The summed E-state index contributed by atoms with van der Waals surface area (Å²) in [6.45, 7) is 9.93. The number of benzene rings is 2. The summed E-state index contributed by atoms with van der Waals surface area (Å²) in [6, 6.07) is 14.0. The van der Waals surface area contributed by atoms with Crippen molar-refractivity contribution < 1.29 is 28.3 Å². The molecule has 1 aromatic heterocycles. The van der Waals surface area contributed by atoms with Gasteiger partial charge in [0.05, 0.1) is 35.5 Å². The molecule has 5 rings (SSSR count). The lowest BCUT2D eigenvalue weighted by molar-refractivity contribution is -0.128. The van der Waals surface area contributed by atoms with E-state index in [2.05, 4.69) is 29.6 Å². The number of rotatable bonds is 20. The second-order valence-electron chi connectivity index (χ2n) is 15.2. The van der Waals surface area contributed by atoms with Crippen LogP contribution in [0.2, 0.25) is 0 Å². The van der Waals surface area contributed by atoms with E-state index in [0.29, 0.717) is 44.2 Å². The van der Waals surface area contributed by atoms with Gasteiger partial charge in [0.1, 0.15) is 11.0 Å². The number of oxime groups is 1. The highest BCUT2D eigenvalue weighted by Crippen LogP contribution is 2.29. The minimum atomic E-state index is -4.05. The van der Waals surface area contributed by atoms with E-state index in [4.69, 9.17) is 10.2 Å². The molecule has 0 spiro atoms. The summed E-state index contributed by atoms with van der Waals surface area (Å²) < 4.78 is 29.7. The summed E-state index contributed by atoms with van der Waals surface area (Å²) >= 11 is 1.55. The molecule has 1 saturated carbocycles. The smallest absolute Gasteiger partial charge is 0.321 e. The molecule has 13 nitrogen and oxygen atoms in total.